The maximum atomic E-state index is 10.7. The van der Waals surface area contributed by atoms with Gasteiger partial charge in [-0.05, 0) is 29.1 Å². The summed E-state index contributed by atoms with van der Waals surface area (Å²) >= 11 is 1.56. The zero-order valence-electron chi connectivity index (χ0n) is 9.29. The van der Waals surface area contributed by atoms with Crippen LogP contribution in [0, 0.1) is 0 Å². The highest BCUT2D eigenvalue weighted by atomic mass is 32.1. The third-order valence-corrected chi connectivity index (χ3v) is 3.40. The van der Waals surface area contributed by atoms with Crippen molar-refractivity contribution in [2.75, 3.05) is 0 Å². The highest BCUT2D eigenvalue weighted by Gasteiger charge is 2.10. The largest absolute Gasteiger partial charge is 0.481 e. The number of benzene rings is 1. The predicted molar refractivity (Wildman–Crippen MR) is 68.7 cm³/mol. The van der Waals surface area contributed by atoms with E-state index in [0.717, 1.165) is 10.4 Å². The number of hydrogen-bond donors (Lipinski definition) is 1. The Morgan fingerprint density at radius 3 is 3.00 bits per heavy atom. The number of nitrogens with zero attached hydrogens (tertiary/aromatic N) is 1. The van der Waals surface area contributed by atoms with Gasteiger partial charge in [0.2, 0.25) is 5.89 Å². The summed E-state index contributed by atoms with van der Waals surface area (Å²) in [7, 11) is 0. The molecular weight excluding hydrogens is 250 g/mol. The predicted octanol–water partition coefficient (Wildman–Crippen LogP) is 3.18. The molecule has 2 aromatic heterocycles. The number of thiophene rings is 1. The lowest BCUT2D eigenvalue weighted by molar-refractivity contribution is -0.136. The van der Waals surface area contributed by atoms with E-state index in [0.29, 0.717) is 17.0 Å². The first-order valence-corrected chi connectivity index (χ1v) is 6.25. The molecule has 0 amide bonds. The van der Waals surface area contributed by atoms with E-state index in [2.05, 4.69) is 4.98 Å². The molecule has 0 atom stereocenters. The Morgan fingerprint density at radius 1 is 1.39 bits per heavy atom. The number of aromatic nitrogens is 1. The average molecular weight is 259 g/mol. The molecule has 3 rings (SSSR count). The Morgan fingerprint density at radius 2 is 2.28 bits per heavy atom. The molecule has 5 heteroatoms. The third-order valence-electron chi connectivity index (χ3n) is 2.54. The molecule has 18 heavy (non-hydrogen) atoms. The lowest BCUT2D eigenvalue weighted by atomic mass is 10.1. The third kappa shape index (κ3) is 2.00. The van der Waals surface area contributed by atoms with E-state index in [1.807, 2.05) is 17.5 Å². The van der Waals surface area contributed by atoms with Crippen LogP contribution in [0.3, 0.4) is 0 Å². The van der Waals surface area contributed by atoms with Gasteiger partial charge in [-0.2, -0.15) is 0 Å². The lowest BCUT2D eigenvalue weighted by Crippen LogP contribution is -1.99. The van der Waals surface area contributed by atoms with Crippen LogP contribution in [0.1, 0.15) is 5.56 Å². The van der Waals surface area contributed by atoms with Crippen molar-refractivity contribution < 1.29 is 14.3 Å². The minimum atomic E-state index is -0.851. The van der Waals surface area contributed by atoms with Crippen LogP contribution in [-0.2, 0) is 11.2 Å². The number of fused-ring (bicyclic) bond motifs is 1. The van der Waals surface area contributed by atoms with Crippen molar-refractivity contribution in [2.45, 2.75) is 6.42 Å². The Hall–Kier alpha value is -2.14. The summed E-state index contributed by atoms with van der Waals surface area (Å²) in [6.45, 7) is 0. The highest BCUT2D eigenvalue weighted by molar-refractivity contribution is 7.13. The zero-order valence-corrected chi connectivity index (χ0v) is 10.1. The number of aliphatic carboxylic acids is 1. The average Bonchev–Trinajstić information content (AvgIpc) is 2.95. The molecule has 1 aromatic carbocycles. The summed E-state index contributed by atoms with van der Waals surface area (Å²) in [6.07, 6.45) is -0.00284. The number of carboxylic acid groups (broad SMARTS) is 1. The summed E-state index contributed by atoms with van der Waals surface area (Å²) in [6, 6.07) is 9.14. The molecule has 0 bridgehead atoms. The number of oxazole rings is 1. The van der Waals surface area contributed by atoms with Gasteiger partial charge in [-0.1, -0.05) is 12.1 Å². The summed E-state index contributed by atoms with van der Waals surface area (Å²) in [5.74, 6) is -0.274. The van der Waals surface area contributed by atoms with Crippen LogP contribution in [0.5, 0.6) is 0 Å². The van der Waals surface area contributed by atoms with Gasteiger partial charge in [-0.3, -0.25) is 4.79 Å². The quantitative estimate of drug-likeness (QED) is 0.784. The van der Waals surface area contributed by atoms with Crippen LogP contribution >= 0.6 is 11.3 Å². The summed E-state index contributed by atoms with van der Waals surface area (Å²) in [5, 5.41) is 10.7. The molecule has 0 unspecified atom stereocenters. The number of rotatable bonds is 3. The zero-order chi connectivity index (χ0) is 12.5. The van der Waals surface area contributed by atoms with Gasteiger partial charge in [0.1, 0.15) is 5.52 Å². The van der Waals surface area contributed by atoms with Gasteiger partial charge >= 0.3 is 5.97 Å². The SMILES string of the molecule is O=C(O)Cc1ccc2oc(-c3cccs3)nc2c1. The summed E-state index contributed by atoms with van der Waals surface area (Å²) in [5.41, 5.74) is 2.09. The second-order valence-corrected chi connectivity index (χ2v) is 4.82. The number of carboxylic acids is 1. The molecule has 0 saturated carbocycles. The maximum Gasteiger partial charge on any atom is 0.307 e. The van der Waals surface area contributed by atoms with Gasteiger partial charge in [0.05, 0.1) is 11.3 Å². The van der Waals surface area contributed by atoms with Gasteiger partial charge in [0.15, 0.2) is 5.58 Å². The lowest BCUT2D eigenvalue weighted by Gasteiger charge is -1.94. The summed E-state index contributed by atoms with van der Waals surface area (Å²) in [4.78, 5) is 16.0. The van der Waals surface area contributed by atoms with Crippen molar-refractivity contribution in [1.29, 1.82) is 0 Å². The topological polar surface area (TPSA) is 63.3 Å². The van der Waals surface area contributed by atoms with Crippen molar-refractivity contribution in [1.82, 2.24) is 4.98 Å². The van der Waals surface area contributed by atoms with E-state index in [-0.39, 0.29) is 6.42 Å². The second kappa shape index (κ2) is 4.27. The molecule has 0 fully saturated rings. The Balaban J connectivity index is 2.04. The van der Waals surface area contributed by atoms with Crippen LogP contribution in [0.25, 0.3) is 21.9 Å². The fourth-order valence-corrected chi connectivity index (χ4v) is 2.41. The van der Waals surface area contributed by atoms with Gasteiger partial charge < -0.3 is 9.52 Å². The Bertz CT molecular complexity index is 700. The number of hydrogen-bond acceptors (Lipinski definition) is 4. The smallest absolute Gasteiger partial charge is 0.307 e. The van der Waals surface area contributed by atoms with E-state index >= 15 is 0 Å². The molecule has 90 valence electrons. The van der Waals surface area contributed by atoms with Crippen molar-refractivity contribution in [3.05, 3.63) is 41.3 Å². The van der Waals surface area contributed by atoms with Gasteiger partial charge in [0.25, 0.3) is 0 Å². The molecule has 0 saturated heterocycles. The van der Waals surface area contributed by atoms with Crippen molar-refractivity contribution in [3.63, 3.8) is 0 Å². The molecule has 0 aliphatic heterocycles. The van der Waals surface area contributed by atoms with Crippen molar-refractivity contribution >= 4 is 28.4 Å². The van der Waals surface area contributed by atoms with E-state index in [4.69, 9.17) is 9.52 Å². The number of carbonyl (C=O) groups is 1. The molecule has 1 N–H and O–H groups in total. The normalized spacial score (nSPS) is 10.9. The molecule has 0 spiro atoms. The fourth-order valence-electron chi connectivity index (χ4n) is 1.76. The minimum Gasteiger partial charge on any atom is -0.481 e. The second-order valence-electron chi connectivity index (χ2n) is 3.87. The van der Waals surface area contributed by atoms with E-state index in [1.54, 1.807) is 29.5 Å². The molecule has 0 aliphatic rings. The van der Waals surface area contributed by atoms with Crippen LogP contribution in [0.2, 0.25) is 0 Å². The standard InChI is InChI=1S/C13H9NO3S/c15-12(16)7-8-3-4-10-9(6-8)14-13(17-10)11-2-1-5-18-11/h1-6H,7H2,(H,15,16). The highest BCUT2D eigenvalue weighted by Crippen LogP contribution is 2.28. The van der Waals surface area contributed by atoms with Crippen LogP contribution in [0.15, 0.2) is 40.1 Å². The maximum absolute atomic E-state index is 10.7. The first kappa shape index (κ1) is 11.0. The molecule has 0 radical (unpaired) electrons. The molecule has 3 aromatic rings. The summed E-state index contributed by atoms with van der Waals surface area (Å²) < 4.78 is 5.62. The first-order valence-electron chi connectivity index (χ1n) is 5.37. The van der Waals surface area contributed by atoms with E-state index < -0.39 is 5.97 Å². The van der Waals surface area contributed by atoms with E-state index in [9.17, 15) is 4.79 Å². The van der Waals surface area contributed by atoms with Crippen LogP contribution in [0.4, 0.5) is 0 Å². The van der Waals surface area contributed by atoms with Crippen LogP contribution < -0.4 is 0 Å². The van der Waals surface area contributed by atoms with E-state index in [1.165, 1.54) is 0 Å². The Labute approximate surface area is 107 Å². The van der Waals surface area contributed by atoms with Crippen molar-refractivity contribution in [3.8, 4) is 10.8 Å². The van der Waals surface area contributed by atoms with Gasteiger partial charge in [0, 0.05) is 0 Å². The fraction of sp³-hybridized carbons (Fsp3) is 0.0769. The minimum absolute atomic E-state index is 0.00284. The monoisotopic (exact) mass is 259 g/mol. The van der Waals surface area contributed by atoms with Gasteiger partial charge in [-0.25, -0.2) is 4.98 Å². The van der Waals surface area contributed by atoms with Gasteiger partial charge in [-0.15, -0.1) is 11.3 Å². The molecule has 2 heterocycles. The Kier molecular flexibility index (Phi) is 2.60. The molecular formula is C13H9NO3S. The van der Waals surface area contributed by atoms with Crippen molar-refractivity contribution in [2.24, 2.45) is 0 Å². The molecule has 0 aliphatic carbocycles. The first-order chi connectivity index (χ1) is 8.72. The molecule has 4 nitrogen and oxygen atoms in total. The van der Waals surface area contributed by atoms with Crippen LogP contribution in [-0.4, -0.2) is 16.1 Å².